The number of imidazole rings is 1. The zero-order chi connectivity index (χ0) is 19.8. The summed E-state index contributed by atoms with van der Waals surface area (Å²) in [7, 11) is 0. The van der Waals surface area contributed by atoms with Gasteiger partial charge in [-0.25, -0.2) is 4.98 Å². The second-order valence-electron chi connectivity index (χ2n) is 7.19. The SMILES string of the molecule is CCNC(=NCCCCn1ccnc1C)NC1CCN(c2ccc(Br)cc2)C1. The zero-order valence-electron chi connectivity index (χ0n) is 16.9. The van der Waals surface area contributed by atoms with Crippen LogP contribution < -0.4 is 15.5 Å². The minimum absolute atomic E-state index is 0.426. The second-order valence-corrected chi connectivity index (χ2v) is 8.10. The van der Waals surface area contributed by atoms with Crippen LogP contribution in [0.25, 0.3) is 0 Å². The van der Waals surface area contributed by atoms with Crippen LogP contribution >= 0.6 is 15.9 Å². The molecule has 0 aliphatic carbocycles. The summed E-state index contributed by atoms with van der Waals surface area (Å²) in [5, 5.41) is 7.00. The maximum Gasteiger partial charge on any atom is 0.191 e. The van der Waals surface area contributed by atoms with Crippen LogP contribution in [0.3, 0.4) is 0 Å². The molecule has 0 amide bonds. The molecule has 2 heterocycles. The Bertz CT molecular complexity index is 755. The lowest BCUT2D eigenvalue weighted by Gasteiger charge is -2.20. The molecule has 1 unspecified atom stereocenters. The fourth-order valence-electron chi connectivity index (χ4n) is 3.50. The molecule has 2 aromatic rings. The summed E-state index contributed by atoms with van der Waals surface area (Å²) in [6.07, 6.45) is 7.21. The second kappa shape index (κ2) is 10.5. The van der Waals surface area contributed by atoms with E-state index in [0.717, 1.165) is 68.2 Å². The molecule has 2 N–H and O–H groups in total. The van der Waals surface area contributed by atoms with E-state index in [-0.39, 0.29) is 0 Å². The Morgan fingerprint density at radius 3 is 2.82 bits per heavy atom. The molecule has 1 aromatic heterocycles. The molecule has 3 rings (SSSR count). The van der Waals surface area contributed by atoms with Gasteiger partial charge in [0.05, 0.1) is 0 Å². The minimum Gasteiger partial charge on any atom is -0.369 e. The summed E-state index contributed by atoms with van der Waals surface area (Å²) >= 11 is 3.51. The number of aliphatic imine (C=N–C) groups is 1. The number of anilines is 1. The molecule has 1 saturated heterocycles. The zero-order valence-corrected chi connectivity index (χ0v) is 18.5. The van der Waals surface area contributed by atoms with Crippen molar-refractivity contribution in [3.63, 3.8) is 0 Å². The molecular weight excluding hydrogens is 416 g/mol. The smallest absolute Gasteiger partial charge is 0.191 e. The van der Waals surface area contributed by atoms with Crippen molar-refractivity contribution >= 4 is 27.6 Å². The number of nitrogens with zero attached hydrogens (tertiary/aromatic N) is 4. The van der Waals surface area contributed by atoms with Crippen LogP contribution in [0.2, 0.25) is 0 Å². The van der Waals surface area contributed by atoms with E-state index in [1.165, 1.54) is 5.69 Å². The molecule has 28 heavy (non-hydrogen) atoms. The molecule has 152 valence electrons. The fraction of sp³-hybridized carbons (Fsp3) is 0.524. The van der Waals surface area contributed by atoms with Gasteiger partial charge in [-0.3, -0.25) is 4.99 Å². The predicted molar refractivity (Wildman–Crippen MR) is 120 cm³/mol. The number of halogens is 1. The third-order valence-corrected chi connectivity index (χ3v) is 5.59. The highest BCUT2D eigenvalue weighted by Crippen LogP contribution is 2.22. The number of aromatic nitrogens is 2. The molecule has 6 nitrogen and oxygen atoms in total. The van der Waals surface area contributed by atoms with Crippen molar-refractivity contribution in [2.45, 2.75) is 45.7 Å². The van der Waals surface area contributed by atoms with Gasteiger partial charge in [-0.1, -0.05) is 15.9 Å². The van der Waals surface area contributed by atoms with Crippen molar-refractivity contribution in [3.05, 3.63) is 47.0 Å². The highest BCUT2D eigenvalue weighted by Gasteiger charge is 2.23. The van der Waals surface area contributed by atoms with E-state index in [9.17, 15) is 0 Å². The summed E-state index contributed by atoms with van der Waals surface area (Å²) in [5.74, 6) is 2.01. The third kappa shape index (κ3) is 5.99. The Morgan fingerprint density at radius 1 is 1.29 bits per heavy atom. The number of rotatable bonds is 8. The molecule has 0 spiro atoms. The van der Waals surface area contributed by atoms with Gasteiger partial charge >= 0.3 is 0 Å². The van der Waals surface area contributed by atoms with Gasteiger partial charge < -0.3 is 20.1 Å². The molecule has 1 atom stereocenters. The Kier molecular flexibility index (Phi) is 7.77. The van der Waals surface area contributed by atoms with Crippen molar-refractivity contribution in [3.8, 4) is 0 Å². The lowest BCUT2D eigenvalue weighted by Crippen LogP contribution is -2.44. The van der Waals surface area contributed by atoms with E-state index in [1.54, 1.807) is 0 Å². The monoisotopic (exact) mass is 446 g/mol. The quantitative estimate of drug-likeness (QED) is 0.369. The van der Waals surface area contributed by atoms with Gasteiger partial charge in [-0.05, 0) is 57.4 Å². The molecule has 0 bridgehead atoms. The van der Waals surface area contributed by atoms with Gasteiger partial charge in [0, 0.05) is 61.3 Å². The van der Waals surface area contributed by atoms with Crippen LogP contribution in [0, 0.1) is 6.92 Å². The van der Waals surface area contributed by atoms with Gasteiger partial charge in [0.1, 0.15) is 5.82 Å². The molecular formula is C21H31BrN6. The van der Waals surface area contributed by atoms with Crippen molar-refractivity contribution in [2.24, 2.45) is 4.99 Å². The minimum atomic E-state index is 0.426. The van der Waals surface area contributed by atoms with E-state index < -0.39 is 0 Å². The van der Waals surface area contributed by atoms with Gasteiger partial charge in [-0.2, -0.15) is 0 Å². The van der Waals surface area contributed by atoms with Crippen LogP contribution in [-0.4, -0.2) is 47.7 Å². The average Bonchev–Trinajstić information content (AvgIpc) is 3.31. The fourth-order valence-corrected chi connectivity index (χ4v) is 3.77. The topological polar surface area (TPSA) is 57.5 Å². The van der Waals surface area contributed by atoms with E-state index in [4.69, 9.17) is 4.99 Å². The molecule has 0 saturated carbocycles. The predicted octanol–water partition coefficient (Wildman–Crippen LogP) is 3.57. The Labute approximate surface area is 176 Å². The lowest BCUT2D eigenvalue weighted by atomic mass is 10.2. The Balaban J connectivity index is 1.44. The number of hydrogen-bond acceptors (Lipinski definition) is 3. The van der Waals surface area contributed by atoms with Crippen LogP contribution in [0.1, 0.15) is 32.0 Å². The first-order valence-electron chi connectivity index (χ1n) is 10.2. The number of hydrogen-bond donors (Lipinski definition) is 2. The highest BCUT2D eigenvalue weighted by atomic mass is 79.9. The lowest BCUT2D eigenvalue weighted by molar-refractivity contribution is 0.597. The first kappa shape index (κ1) is 20.7. The van der Waals surface area contributed by atoms with Crippen molar-refractivity contribution in [2.75, 3.05) is 31.1 Å². The van der Waals surface area contributed by atoms with E-state index in [0.29, 0.717) is 6.04 Å². The third-order valence-electron chi connectivity index (χ3n) is 5.07. The van der Waals surface area contributed by atoms with Crippen molar-refractivity contribution in [1.29, 1.82) is 0 Å². The molecule has 1 aliphatic rings. The van der Waals surface area contributed by atoms with Gasteiger partial charge in [0.15, 0.2) is 5.96 Å². The van der Waals surface area contributed by atoms with Gasteiger partial charge in [0.25, 0.3) is 0 Å². The van der Waals surface area contributed by atoms with Crippen LogP contribution in [0.5, 0.6) is 0 Å². The number of guanidine groups is 1. The number of benzene rings is 1. The maximum absolute atomic E-state index is 4.77. The Morgan fingerprint density at radius 2 is 2.11 bits per heavy atom. The highest BCUT2D eigenvalue weighted by molar-refractivity contribution is 9.10. The number of unbranched alkanes of at least 4 members (excludes halogenated alkanes) is 1. The molecule has 1 fully saturated rings. The molecule has 7 heteroatoms. The standard InChI is InChI=1S/C21H31BrN6/c1-3-23-21(25-11-4-5-13-27-15-12-24-17(27)2)26-19-10-14-28(16-19)20-8-6-18(22)7-9-20/h6-9,12,15,19H,3-5,10-11,13-14,16H2,1-2H3,(H2,23,25,26). The van der Waals surface area contributed by atoms with Crippen LogP contribution in [-0.2, 0) is 6.54 Å². The van der Waals surface area contributed by atoms with Crippen LogP contribution in [0.15, 0.2) is 46.1 Å². The summed E-state index contributed by atoms with van der Waals surface area (Å²) in [4.78, 5) is 11.5. The number of aryl methyl sites for hydroxylation is 2. The Hall–Kier alpha value is -2.02. The normalized spacial score (nSPS) is 17.2. The van der Waals surface area contributed by atoms with E-state index in [2.05, 4.69) is 72.2 Å². The molecule has 0 radical (unpaired) electrons. The summed E-state index contributed by atoms with van der Waals surface area (Å²) in [5.41, 5.74) is 1.28. The van der Waals surface area contributed by atoms with Crippen molar-refractivity contribution in [1.82, 2.24) is 20.2 Å². The molecule has 1 aromatic carbocycles. The first-order chi connectivity index (χ1) is 13.7. The van der Waals surface area contributed by atoms with Gasteiger partial charge in [-0.15, -0.1) is 0 Å². The first-order valence-corrected chi connectivity index (χ1v) is 11.0. The van der Waals surface area contributed by atoms with E-state index >= 15 is 0 Å². The number of nitrogens with one attached hydrogen (secondary N) is 2. The maximum atomic E-state index is 4.77. The van der Waals surface area contributed by atoms with Gasteiger partial charge in [0.2, 0.25) is 0 Å². The summed E-state index contributed by atoms with van der Waals surface area (Å²) in [6.45, 7) is 8.97. The van der Waals surface area contributed by atoms with Crippen molar-refractivity contribution < 1.29 is 0 Å². The summed E-state index contributed by atoms with van der Waals surface area (Å²) in [6, 6.07) is 8.98. The average molecular weight is 447 g/mol. The van der Waals surface area contributed by atoms with E-state index in [1.807, 2.05) is 19.3 Å². The summed E-state index contributed by atoms with van der Waals surface area (Å²) < 4.78 is 3.32. The largest absolute Gasteiger partial charge is 0.369 e. The van der Waals surface area contributed by atoms with Crippen LogP contribution in [0.4, 0.5) is 5.69 Å². The molecule has 1 aliphatic heterocycles.